The van der Waals surface area contributed by atoms with Gasteiger partial charge in [0.15, 0.2) is 0 Å². The molecule has 1 unspecified atom stereocenters. The molecule has 2 aromatic rings. The molecule has 2 aliphatic rings. The van der Waals surface area contributed by atoms with Crippen LogP contribution in [0.3, 0.4) is 0 Å². The summed E-state index contributed by atoms with van der Waals surface area (Å²) in [6, 6.07) is 12.7. The van der Waals surface area contributed by atoms with E-state index in [1.807, 2.05) is 24.2 Å². The molecule has 4 heteroatoms. The van der Waals surface area contributed by atoms with Crippen molar-refractivity contribution >= 4 is 23.4 Å². The lowest BCUT2D eigenvalue weighted by molar-refractivity contribution is -0.118. The summed E-state index contributed by atoms with van der Waals surface area (Å²) in [5, 5.41) is 0.0395. The molecule has 3 nitrogen and oxygen atoms in total. The molecule has 2 heterocycles. The van der Waals surface area contributed by atoms with Gasteiger partial charge in [-0.1, -0.05) is 32.9 Å². The summed E-state index contributed by atoms with van der Waals surface area (Å²) in [6.45, 7) is 9.13. The van der Waals surface area contributed by atoms with Gasteiger partial charge in [0.1, 0.15) is 0 Å². The molecule has 0 N–H and O–H groups in total. The number of nitrogens with zero attached hydrogens (tertiary/aromatic N) is 2. The third-order valence-corrected chi connectivity index (χ3v) is 8.30. The molecule has 1 aliphatic carbocycles. The van der Waals surface area contributed by atoms with Crippen LogP contribution in [0.1, 0.15) is 64.5 Å². The second-order valence-electron chi connectivity index (χ2n) is 9.72. The third-order valence-electron chi connectivity index (χ3n) is 6.72. The molecule has 1 aromatic carbocycles. The fraction of sp³-hybridized carbons (Fsp3) is 0.520. The second-order valence-corrected chi connectivity index (χ2v) is 11.4. The van der Waals surface area contributed by atoms with Gasteiger partial charge in [-0.25, -0.2) is 0 Å². The highest BCUT2D eigenvalue weighted by atomic mass is 32.2. The largest absolute Gasteiger partial charge is 0.296 e. The summed E-state index contributed by atoms with van der Waals surface area (Å²) in [5.74, 6) is 1.01. The topological polar surface area (TPSA) is 33.2 Å². The number of carbonyl (C=O) groups excluding carboxylic acids is 1. The lowest BCUT2D eigenvalue weighted by Gasteiger charge is -2.45. The van der Waals surface area contributed by atoms with Gasteiger partial charge in [0.2, 0.25) is 5.91 Å². The van der Waals surface area contributed by atoms with Crippen molar-refractivity contribution in [1.29, 1.82) is 0 Å². The molecule has 154 valence electrons. The van der Waals surface area contributed by atoms with Crippen LogP contribution in [0.2, 0.25) is 0 Å². The Kier molecular flexibility index (Phi) is 5.50. The fourth-order valence-corrected chi connectivity index (χ4v) is 6.59. The minimum absolute atomic E-state index is 0.0395. The van der Waals surface area contributed by atoms with Crippen molar-refractivity contribution in [3.63, 3.8) is 0 Å². The summed E-state index contributed by atoms with van der Waals surface area (Å²) < 4.78 is 0. The van der Waals surface area contributed by atoms with E-state index in [0.717, 1.165) is 30.9 Å². The van der Waals surface area contributed by atoms with E-state index in [0.29, 0.717) is 5.41 Å². The number of aromatic nitrogens is 1. The molecular formula is C25H32N2OS. The Morgan fingerprint density at radius 1 is 1.03 bits per heavy atom. The van der Waals surface area contributed by atoms with Gasteiger partial charge in [0.05, 0.1) is 10.1 Å². The van der Waals surface area contributed by atoms with Crippen molar-refractivity contribution < 1.29 is 4.79 Å². The van der Waals surface area contributed by atoms with Crippen molar-refractivity contribution in [2.75, 3.05) is 4.90 Å². The smallest absolute Gasteiger partial charge is 0.241 e. The molecule has 1 amide bonds. The first kappa shape index (κ1) is 20.5. The normalized spacial score (nSPS) is 27.6. The first-order valence-electron chi connectivity index (χ1n) is 10.8. The average Bonchev–Trinajstić information content (AvgIpc) is 2.93. The minimum atomic E-state index is -0.0646. The lowest BCUT2D eigenvalue weighted by Crippen LogP contribution is -2.48. The van der Waals surface area contributed by atoms with Crippen LogP contribution in [0.4, 0.5) is 5.69 Å². The quantitative estimate of drug-likeness (QED) is 0.618. The van der Waals surface area contributed by atoms with Gasteiger partial charge in [-0.2, -0.15) is 0 Å². The molecule has 29 heavy (non-hydrogen) atoms. The van der Waals surface area contributed by atoms with Crippen LogP contribution in [0.15, 0.2) is 48.8 Å². The van der Waals surface area contributed by atoms with E-state index in [-0.39, 0.29) is 16.0 Å². The van der Waals surface area contributed by atoms with Crippen LogP contribution in [0.5, 0.6) is 0 Å². The van der Waals surface area contributed by atoms with Crippen molar-refractivity contribution in [2.24, 2.45) is 11.3 Å². The summed E-state index contributed by atoms with van der Waals surface area (Å²) in [7, 11) is 0. The maximum atomic E-state index is 13.1. The van der Waals surface area contributed by atoms with Gasteiger partial charge in [0.25, 0.3) is 0 Å². The van der Waals surface area contributed by atoms with Crippen LogP contribution in [-0.2, 0) is 11.2 Å². The van der Waals surface area contributed by atoms with Gasteiger partial charge < -0.3 is 0 Å². The summed E-state index contributed by atoms with van der Waals surface area (Å²) in [5.41, 5.74) is 3.92. The Morgan fingerprint density at radius 3 is 2.21 bits per heavy atom. The van der Waals surface area contributed by atoms with Crippen LogP contribution in [0, 0.1) is 11.3 Å². The van der Waals surface area contributed by atoms with E-state index < -0.39 is 0 Å². The molecule has 2 fully saturated rings. The molecule has 0 radical (unpaired) electrons. The Bertz CT molecular complexity index is 849. The first-order valence-corrected chi connectivity index (χ1v) is 11.7. The number of thioether (sulfide) groups is 1. The SMILES string of the molecule is CC1SC2(CCC(C(C)(C)C)CC2)N(c2ccc(Cc3ccncc3)cc2)C1=O. The predicted octanol–water partition coefficient (Wildman–Crippen LogP) is 6.07. The Hall–Kier alpha value is -1.81. The van der Waals surface area contributed by atoms with Gasteiger partial charge in [0, 0.05) is 18.1 Å². The van der Waals surface area contributed by atoms with Crippen LogP contribution in [0.25, 0.3) is 0 Å². The first-order chi connectivity index (χ1) is 13.8. The number of carbonyl (C=O) groups is 1. The highest BCUT2D eigenvalue weighted by molar-refractivity contribution is 8.02. The van der Waals surface area contributed by atoms with Gasteiger partial charge in [-0.3, -0.25) is 14.7 Å². The number of benzene rings is 1. The van der Waals surface area contributed by atoms with E-state index in [9.17, 15) is 4.79 Å². The maximum absolute atomic E-state index is 13.1. The monoisotopic (exact) mass is 408 g/mol. The summed E-state index contributed by atoms with van der Waals surface area (Å²) in [4.78, 5) is 19.3. The third kappa shape index (κ3) is 4.09. The van der Waals surface area contributed by atoms with Crippen LogP contribution >= 0.6 is 11.8 Å². The Balaban J connectivity index is 1.55. The molecular weight excluding hydrogens is 376 g/mol. The molecule has 1 saturated heterocycles. The molecule has 0 bridgehead atoms. The number of amides is 1. The minimum Gasteiger partial charge on any atom is -0.296 e. The number of anilines is 1. The van der Waals surface area contributed by atoms with E-state index in [1.165, 1.54) is 24.0 Å². The van der Waals surface area contributed by atoms with E-state index in [2.05, 4.69) is 74.0 Å². The Labute approximate surface area is 179 Å². The van der Waals surface area contributed by atoms with Gasteiger partial charge in [-0.15, -0.1) is 11.8 Å². The van der Waals surface area contributed by atoms with Gasteiger partial charge in [-0.05, 0) is 85.8 Å². The zero-order chi connectivity index (χ0) is 20.6. The van der Waals surface area contributed by atoms with Crippen LogP contribution < -0.4 is 4.90 Å². The molecule has 1 aromatic heterocycles. The van der Waals surface area contributed by atoms with Crippen molar-refractivity contribution in [3.8, 4) is 0 Å². The number of rotatable bonds is 3. The van der Waals surface area contributed by atoms with Crippen molar-refractivity contribution in [2.45, 2.75) is 69.9 Å². The standard InChI is InChI=1S/C25H32N2OS/c1-18-23(28)27(25(29-18)13-9-21(10-14-25)24(2,3)4)22-7-5-19(6-8-22)17-20-11-15-26-16-12-20/h5-8,11-12,15-16,18,21H,9-10,13-14,17H2,1-4H3. The number of hydrogen-bond acceptors (Lipinski definition) is 3. The molecule has 1 saturated carbocycles. The van der Waals surface area contributed by atoms with E-state index in [4.69, 9.17) is 0 Å². The summed E-state index contributed by atoms with van der Waals surface area (Å²) in [6.07, 6.45) is 9.15. The highest BCUT2D eigenvalue weighted by Gasteiger charge is 2.52. The number of hydrogen-bond donors (Lipinski definition) is 0. The average molecular weight is 409 g/mol. The lowest BCUT2D eigenvalue weighted by atomic mass is 9.71. The van der Waals surface area contributed by atoms with Gasteiger partial charge >= 0.3 is 0 Å². The van der Waals surface area contributed by atoms with E-state index >= 15 is 0 Å². The zero-order valence-corrected chi connectivity index (χ0v) is 18.8. The van der Waals surface area contributed by atoms with Crippen molar-refractivity contribution in [1.82, 2.24) is 4.98 Å². The second kappa shape index (κ2) is 7.79. The maximum Gasteiger partial charge on any atom is 0.241 e. The van der Waals surface area contributed by atoms with Crippen molar-refractivity contribution in [3.05, 3.63) is 59.9 Å². The summed E-state index contributed by atoms with van der Waals surface area (Å²) >= 11 is 1.89. The predicted molar refractivity (Wildman–Crippen MR) is 122 cm³/mol. The Morgan fingerprint density at radius 2 is 1.62 bits per heavy atom. The molecule has 1 aliphatic heterocycles. The zero-order valence-electron chi connectivity index (χ0n) is 18.0. The van der Waals surface area contributed by atoms with Crippen LogP contribution in [-0.4, -0.2) is 21.0 Å². The highest BCUT2D eigenvalue weighted by Crippen LogP contribution is 2.54. The fourth-order valence-electron chi connectivity index (χ4n) is 4.95. The molecule has 1 spiro atoms. The molecule has 1 atom stereocenters. The van der Waals surface area contributed by atoms with E-state index in [1.54, 1.807) is 0 Å². The number of pyridine rings is 1. The molecule has 4 rings (SSSR count).